The molecule has 5 heteroatoms. The van der Waals surface area contributed by atoms with Crippen LogP contribution in [-0.2, 0) is 6.54 Å². The van der Waals surface area contributed by atoms with Crippen molar-refractivity contribution in [3.05, 3.63) is 45.9 Å². The molecule has 0 fully saturated rings. The maximum absolute atomic E-state index is 5.75. The third kappa shape index (κ3) is 2.13. The number of nitrogens with zero attached hydrogens (tertiary/aromatic N) is 3. The molecule has 0 aliphatic rings. The van der Waals surface area contributed by atoms with Crippen LogP contribution in [0.5, 0.6) is 0 Å². The van der Waals surface area contributed by atoms with Crippen LogP contribution in [0, 0.1) is 0 Å². The van der Waals surface area contributed by atoms with Crippen molar-refractivity contribution < 1.29 is 0 Å². The van der Waals surface area contributed by atoms with Gasteiger partial charge >= 0.3 is 0 Å². The fraction of sp³-hybridized carbons (Fsp3) is 0.111. The van der Waals surface area contributed by atoms with Crippen molar-refractivity contribution in [3.8, 4) is 0 Å². The maximum Gasteiger partial charge on any atom is 0.0843 e. The third-order valence-corrected chi connectivity index (χ3v) is 2.67. The minimum Gasteiger partial charge on any atom is -0.265 e. The number of rotatable bonds is 2. The van der Waals surface area contributed by atoms with Gasteiger partial charge in [0.25, 0.3) is 0 Å². The van der Waals surface area contributed by atoms with Crippen LogP contribution in [-0.4, -0.2) is 14.8 Å². The Morgan fingerprint density at radius 3 is 3.00 bits per heavy atom. The van der Waals surface area contributed by atoms with Gasteiger partial charge in [-0.3, -0.25) is 9.67 Å². The summed E-state index contributed by atoms with van der Waals surface area (Å²) in [6.45, 7) is 0.619. The quantitative estimate of drug-likeness (QED) is 0.841. The minimum absolute atomic E-state index is 0.619. The van der Waals surface area contributed by atoms with Gasteiger partial charge in [-0.05, 0) is 28.1 Å². The summed E-state index contributed by atoms with van der Waals surface area (Å²) in [5.74, 6) is 0. The molecule has 0 radical (unpaired) electrons. The van der Waals surface area contributed by atoms with Crippen molar-refractivity contribution in [2.45, 2.75) is 6.54 Å². The molecule has 0 bridgehead atoms. The number of halogens is 2. The van der Waals surface area contributed by atoms with Gasteiger partial charge in [0, 0.05) is 16.9 Å². The van der Waals surface area contributed by atoms with Gasteiger partial charge in [0.1, 0.15) is 0 Å². The highest BCUT2D eigenvalue weighted by Gasteiger charge is 2.02. The highest BCUT2D eigenvalue weighted by atomic mass is 79.9. The zero-order valence-corrected chi connectivity index (χ0v) is 9.53. The van der Waals surface area contributed by atoms with Gasteiger partial charge in [-0.15, -0.1) is 0 Å². The van der Waals surface area contributed by atoms with Gasteiger partial charge in [0.15, 0.2) is 0 Å². The van der Waals surface area contributed by atoms with Crippen molar-refractivity contribution in [2.24, 2.45) is 0 Å². The SMILES string of the molecule is Clc1cnn(Cc2ncccc2Br)c1. The van der Waals surface area contributed by atoms with Crippen LogP contribution in [0.2, 0.25) is 5.02 Å². The Kier molecular flexibility index (Phi) is 2.84. The Bertz CT molecular complexity index is 441. The van der Waals surface area contributed by atoms with Crippen LogP contribution >= 0.6 is 27.5 Å². The molecule has 0 aliphatic heterocycles. The van der Waals surface area contributed by atoms with E-state index < -0.39 is 0 Å². The predicted molar refractivity (Wildman–Crippen MR) is 58.3 cm³/mol. The Balaban J connectivity index is 2.23. The Morgan fingerprint density at radius 1 is 1.50 bits per heavy atom. The fourth-order valence-electron chi connectivity index (χ4n) is 1.11. The molecular formula is C9H7BrClN3. The summed E-state index contributed by atoms with van der Waals surface area (Å²) < 4.78 is 2.72. The van der Waals surface area contributed by atoms with E-state index >= 15 is 0 Å². The minimum atomic E-state index is 0.619. The zero-order chi connectivity index (χ0) is 9.97. The van der Waals surface area contributed by atoms with Gasteiger partial charge in [-0.25, -0.2) is 0 Å². The van der Waals surface area contributed by atoms with Crippen molar-refractivity contribution >= 4 is 27.5 Å². The van der Waals surface area contributed by atoms with Gasteiger partial charge in [0.2, 0.25) is 0 Å². The van der Waals surface area contributed by atoms with E-state index in [1.165, 1.54) is 0 Å². The lowest BCUT2D eigenvalue weighted by Gasteiger charge is -2.02. The lowest BCUT2D eigenvalue weighted by atomic mass is 10.3. The largest absolute Gasteiger partial charge is 0.265 e. The lowest BCUT2D eigenvalue weighted by molar-refractivity contribution is 0.670. The molecule has 0 atom stereocenters. The fourth-order valence-corrected chi connectivity index (χ4v) is 1.65. The molecule has 0 amide bonds. The average molecular weight is 273 g/mol. The van der Waals surface area contributed by atoms with E-state index in [0.29, 0.717) is 11.6 Å². The maximum atomic E-state index is 5.75. The van der Waals surface area contributed by atoms with E-state index in [9.17, 15) is 0 Å². The lowest BCUT2D eigenvalue weighted by Crippen LogP contribution is -2.02. The van der Waals surface area contributed by atoms with Crippen LogP contribution in [0.3, 0.4) is 0 Å². The third-order valence-electron chi connectivity index (χ3n) is 1.75. The van der Waals surface area contributed by atoms with Crippen LogP contribution in [0.25, 0.3) is 0 Å². The van der Waals surface area contributed by atoms with Gasteiger partial charge in [0.05, 0.1) is 23.5 Å². The standard InChI is InChI=1S/C9H7BrClN3/c10-8-2-1-3-12-9(8)6-14-5-7(11)4-13-14/h1-5H,6H2. The van der Waals surface area contributed by atoms with E-state index in [0.717, 1.165) is 10.2 Å². The molecule has 0 aliphatic carbocycles. The molecule has 2 rings (SSSR count). The molecule has 3 nitrogen and oxygen atoms in total. The van der Waals surface area contributed by atoms with Crippen molar-refractivity contribution in [2.75, 3.05) is 0 Å². The summed E-state index contributed by atoms with van der Waals surface area (Å²) in [5, 5.41) is 4.71. The number of pyridine rings is 1. The summed E-state index contributed by atoms with van der Waals surface area (Å²) in [6, 6.07) is 3.83. The van der Waals surface area contributed by atoms with E-state index in [2.05, 4.69) is 26.0 Å². The Hall–Kier alpha value is -0.870. The second kappa shape index (κ2) is 4.11. The molecule has 0 aromatic carbocycles. The second-order valence-electron chi connectivity index (χ2n) is 2.79. The van der Waals surface area contributed by atoms with E-state index in [1.807, 2.05) is 12.1 Å². The molecule has 0 saturated heterocycles. The van der Waals surface area contributed by atoms with E-state index in [1.54, 1.807) is 23.3 Å². The highest BCUT2D eigenvalue weighted by molar-refractivity contribution is 9.10. The van der Waals surface area contributed by atoms with Gasteiger partial charge in [-0.2, -0.15) is 5.10 Å². The summed E-state index contributed by atoms with van der Waals surface area (Å²) >= 11 is 9.17. The monoisotopic (exact) mass is 271 g/mol. The first-order chi connectivity index (χ1) is 6.75. The number of hydrogen-bond acceptors (Lipinski definition) is 2. The van der Waals surface area contributed by atoms with E-state index in [4.69, 9.17) is 11.6 Å². The van der Waals surface area contributed by atoms with Crippen molar-refractivity contribution in [3.63, 3.8) is 0 Å². The molecule has 2 aromatic heterocycles. The Labute approximate surface area is 94.9 Å². The normalized spacial score (nSPS) is 10.4. The summed E-state index contributed by atoms with van der Waals surface area (Å²) in [5.41, 5.74) is 0.937. The topological polar surface area (TPSA) is 30.7 Å². The first kappa shape index (κ1) is 9.68. The highest BCUT2D eigenvalue weighted by Crippen LogP contribution is 2.15. The van der Waals surface area contributed by atoms with Gasteiger partial charge < -0.3 is 0 Å². The smallest absolute Gasteiger partial charge is 0.0843 e. The van der Waals surface area contributed by atoms with Crippen LogP contribution in [0.4, 0.5) is 0 Å². The predicted octanol–water partition coefficient (Wildman–Crippen LogP) is 2.74. The molecule has 0 saturated carbocycles. The van der Waals surface area contributed by atoms with Crippen molar-refractivity contribution in [1.29, 1.82) is 0 Å². The molecule has 2 aromatic rings. The Morgan fingerprint density at radius 2 is 2.36 bits per heavy atom. The first-order valence-electron chi connectivity index (χ1n) is 4.03. The molecule has 0 N–H and O–H groups in total. The second-order valence-corrected chi connectivity index (χ2v) is 4.08. The number of hydrogen-bond donors (Lipinski definition) is 0. The summed E-state index contributed by atoms with van der Waals surface area (Å²) in [7, 11) is 0. The molecule has 0 unspecified atom stereocenters. The van der Waals surface area contributed by atoms with E-state index in [-0.39, 0.29) is 0 Å². The van der Waals surface area contributed by atoms with Gasteiger partial charge in [-0.1, -0.05) is 11.6 Å². The zero-order valence-electron chi connectivity index (χ0n) is 7.19. The molecule has 0 spiro atoms. The molecule has 72 valence electrons. The van der Waals surface area contributed by atoms with Crippen LogP contribution in [0.15, 0.2) is 35.2 Å². The average Bonchev–Trinajstić information content (AvgIpc) is 2.56. The van der Waals surface area contributed by atoms with Crippen LogP contribution in [0.1, 0.15) is 5.69 Å². The van der Waals surface area contributed by atoms with Crippen molar-refractivity contribution in [1.82, 2.24) is 14.8 Å². The molecule has 14 heavy (non-hydrogen) atoms. The molecular weight excluding hydrogens is 265 g/mol. The molecule has 2 heterocycles. The summed E-state index contributed by atoms with van der Waals surface area (Å²) in [6.07, 6.45) is 5.13. The summed E-state index contributed by atoms with van der Waals surface area (Å²) in [4.78, 5) is 4.23. The van der Waals surface area contributed by atoms with Crippen LogP contribution < -0.4 is 0 Å². The first-order valence-corrected chi connectivity index (χ1v) is 5.20. The number of aromatic nitrogens is 3.